The predicted molar refractivity (Wildman–Crippen MR) is 103 cm³/mol. The van der Waals surface area contributed by atoms with Gasteiger partial charge in [-0.3, -0.25) is 4.79 Å². The smallest absolute Gasteiger partial charge is 0.320 e. The van der Waals surface area contributed by atoms with Crippen molar-refractivity contribution in [3.05, 3.63) is 29.8 Å². The van der Waals surface area contributed by atoms with Gasteiger partial charge in [0.25, 0.3) is 0 Å². The fraction of sp³-hybridized carbons (Fsp3) is 0.600. The number of piperidine rings is 1. The van der Waals surface area contributed by atoms with Crippen LogP contribution in [0.15, 0.2) is 24.3 Å². The summed E-state index contributed by atoms with van der Waals surface area (Å²) in [7, 11) is 0. The van der Waals surface area contributed by atoms with Gasteiger partial charge in [0, 0.05) is 38.4 Å². The largest absolute Gasteiger partial charge is 0.326 e. The molecule has 1 aromatic rings. The molecule has 6 nitrogen and oxygen atoms in total. The van der Waals surface area contributed by atoms with E-state index in [4.69, 9.17) is 0 Å². The van der Waals surface area contributed by atoms with Crippen LogP contribution in [0.25, 0.3) is 0 Å². The Morgan fingerprint density at radius 3 is 2.65 bits per heavy atom. The van der Waals surface area contributed by atoms with E-state index in [0.29, 0.717) is 6.54 Å². The van der Waals surface area contributed by atoms with E-state index < -0.39 is 0 Å². The lowest BCUT2D eigenvalue weighted by atomic mass is 9.97. The number of likely N-dealkylation sites (tertiary alicyclic amines) is 2. The summed E-state index contributed by atoms with van der Waals surface area (Å²) in [6, 6.07) is 8.05. The quantitative estimate of drug-likeness (QED) is 0.850. The van der Waals surface area contributed by atoms with E-state index in [1.165, 1.54) is 0 Å². The Bertz CT molecular complexity index is 628. The van der Waals surface area contributed by atoms with Crippen molar-refractivity contribution in [2.45, 2.75) is 39.2 Å². The highest BCUT2D eigenvalue weighted by molar-refractivity contribution is 5.93. The number of nitrogens with zero attached hydrogens (tertiary/aromatic N) is 2. The summed E-state index contributed by atoms with van der Waals surface area (Å²) in [5.41, 5.74) is 1.98. The Labute approximate surface area is 155 Å². The van der Waals surface area contributed by atoms with Gasteiger partial charge in [-0.25, -0.2) is 4.79 Å². The average Bonchev–Trinajstić information content (AvgIpc) is 3.21. The molecule has 0 radical (unpaired) electrons. The van der Waals surface area contributed by atoms with Crippen molar-refractivity contribution in [1.29, 1.82) is 0 Å². The highest BCUT2D eigenvalue weighted by Crippen LogP contribution is 2.21. The third kappa shape index (κ3) is 4.75. The minimum absolute atomic E-state index is 0.0181. The molecule has 2 N–H and O–H groups in total. The normalized spacial score (nSPS) is 20.3. The van der Waals surface area contributed by atoms with Crippen LogP contribution in [-0.4, -0.2) is 54.5 Å². The molecular formula is C20H30N4O2. The molecule has 3 amide bonds. The maximum atomic E-state index is 12.7. The molecule has 1 aromatic carbocycles. The number of rotatable bonds is 5. The van der Waals surface area contributed by atoms with Gasteiger partial charge in [0.05, 0.1) is 5.92 Å². The molecule has 2 aliphatic heterocycles. The van der Waals surface area contributed by atoms with Gasteiger partial charge >= 0.3 is 6.03 Å². The van der Waals surface area contributed by atoms with Gasteiger partial charge in [0.2, 0.25) is 5.91 Å². The van der Waals surface area contributed by atoms with Crippen molar-refractivity contribution in [1.82, 2.24) is 15.1 Å². The second kappa shape index (κ2) is 9.03. The second-order valence-corrected chi connectivity index (χ2v) is 7.23. The SMILES string of the molecule is CCNCc1cccc(NC(=O)C2CCCN(C(=O)N3CCCC3)C2)c1. The molecule has 2 aliphatic rings. The topological polar surface area (TPSA) is 64.7 Å². The number of nitrogens with one attached hydrogen (secondary N) is 2. The molecule has 0 aliphatic carbocycles. The molecule has 0 spiro atoms. The maximum Gasteiger partial charge on any atom is 0.320 e. The van der Waals surface area contributed by atoms with Crippen molar-refractivity contribution in [3.8, 4) is 0 Å². The minimum Gasteiger partial charge on any atom is -0.326 e. The Hall–Kier alpha value is -2.08. The monoisotopic (exact) mass is 358 g/mol. The molecule has 6 heteroatoms. The van der Waals surface area contributed by atoms with Gasteiger partial charge in [-0.15, -0.1) is 0 Å². The van der Waals surface area contributed by atoms with Gasteiger partial charge < -0.3 is 20.4 Å². The molecular weight excluding hydrogens is 328 g/mol. The van der Waals surface area contributed by atoms with Gasteiger partial charge in [-0.05, 0) is 49.9 Å². The van der Waals surface area contributed by atoms with Crippen molar-refractivity contribution in [2.24, 2.45) is 5.92 Å². The number of carbonyl (C=O) groups excluding carboxylic acids is 2. The lowest BCUT2D eigenvalue weighted by Crippen LogP contribution is -2.48. The van der Waals surface area contributed by atoms with Crippen LogP contribution >= 0.6 is 0 Å². The number of amides is 3. The zero-order valence-corrected chi connectivity index (χ0v) is 15.7. The van der Waals surface area contributed by atoms with Crippen molar-refractivity contribution in [3.63, 3.8) is 0 Å². The molecule has 1 unspecified atom stereocenters. The molecule has 3 rings (SSSR count). The molecule has 2 fully saturated rings. The summed E-state index contributed by atoms with van der Waals surface area (Å²) in [5.74, 6) is -0.114. The van der Waals surface area contributed by atoms with Crippen LogP contribution < -0.4 is 10.6 Å². The zero-order valence-electron chi connectivity index (χ0n) is 15.7. The van der Waals surface area contributed by atoms with E-state index in [0.717, 1.165) is 69.7 Å². The van der Waals surface area contributed by atoms with E-state index in [9.17, 15) is 9.59 Å². The van der Waals surface area contributed by atoms with E-state index >= 15 is 0 Å². The molecule has 0 aromatic heterocycles. The molecule has 0 bridgehead atoms. The van der Waals surface area contributed by atoms with Crippen molar-refractivity contribution in [2.75, 3.05) is 38.0 Å². The van der Waals surface area contributed by atoms with E-state index in [1.54, 1.807) is 0 Å². The number of urea groups is 1. The number of carbonyl (C=O) groups is 2. The first-order chi connectivity index (χ1) is 12.7. The molecule has 2 heterocycles. The van der Waals surface area contributed by atoms with Gasteiger partial charge in [-0.2, -0.15) is 0 Å². The van der Waals surface area contributed by atoms with Crippen molar-refractivity contribution >= 4 is 17.6 Å². The Balaban J connectivity index is 1.56. The summed E-state index contributed by atoms with van der Waals surface area (Å²) in [4.78, 5) is 29.1. The summed E-state index contributed by atoms with van der Waals surface area (Å²) in [6.45, 7) is 6.77. The van der Waals surface area contributed by atoms with Crippen LogP contribution in [0.3, 0.4) is 0 Å². The third-order valence-corrected chi connectivity index (χ3v) is 5.21. The van der Waals surface area contributed by atoms with E-state index in [2.05, 4.69) is 23.6 Å². The van der Waals surface area contributed by atoms with Crippen LogP contribution in [-0.2, 0) is 11.3 Å². The highest BCUT2D eigenvalue weighted by Gasteiger charge is 2.31. The van der Waals surface area contributed by atoms with Gasteiger partial charge in [-0.1, -0.05) is 19.1 Å². The van der Waals surface area contributed by atoms with Crippen LogP contribution in [0, 0.1) is 5.92 Å². The molecule has 1 atom stereocenters. The Morgan fingerprint density at radius 2 is 1.88 bits per heavy atom. The standard InChI is InChI=1S/C20H30N4O2/c1-2-21-14-16-7-5-9-18(13-16)22-19(25)17-8-6-12-24(15-17)20(26)23-10-3-4-11-23/h5,7,9,13,17,21H,2-4,6,8,10-12,14-15H2,1H3,(H,22,25). The number of hydrogen-bond donors (Lipinski definition) is 2. The van der Waals surface area contributed by atoms with Crippen LogP contribution in [0.4, 0.5) is 10.5 Å². The second-order valence-electron chi connectivity index (χ2n) is 7.23. The van der Waals surface area contributed by atoms with Gasteiger partial charge in [0.15, 0.2) is 0 Å². The number of benzene rings is 1. The first-order valence-electron chi connectivity index (χ1n) is 9.81. The summed E-state index contributed by atoms with van der Waals surface area (Å²) < 4.78 is 0. The Morgan fingerprint density at radius 1 is 1.12 bits per heavy atom. The summed E-state index contributed by atoms with van der Waals surface area (Å²) in [5, 5.41) is 6.33. The number of hydrogen-bond acceptors (Lipinski definition) is 3. The van der Waals surface area contributed by atoms with E-state index in [-0.39, 0.29) is 17.9 Å². The average molecular weight is 358 g/mol. The lowest BCUT2D eigenvalue weighted by molar-refractivity contribution is -0.121. The van der Waals surface area contributed by atoms with Crippen LogP contribution in [0.5, 0.6) is 0 Å². The minimum atomic E-state index is -0.132. The predicted octanol–water partition coefficient (Wildman–Crippen LogP) is 2.66. The third-order valence-electron chi connectivity index (χ3n) is 5.21. The summed E-state index contributed by atoms with van der Waals surface area (Å²) >= 11 is 0. The molecule has 0 saturated carbocycles. The number of anilines is 1. The van der Waals surface area contributed by atoms with Crippen LogP contribution in [0.2, 0.25) is 0 Å². The van der Waals surface area contributed by atoms with Gasteiger partial charge in [0.1, 0.15) is 0 Å². The first-order valence-corrected chi connectivity index (χ1v) is 9.81. The Kier molecular flexibility index (Phi) is 6.50. The van der Waals surface area contributed by atoms with Crippen molar-refractivity contribution < 1.29 is 9.59 Å². The first kappa shape index (κ1) is 18.7. The molecule has 26 heavy (non-hydrogen) atoms. The van der Waals surface area contributed by atoms with Crippen LogP contribution in [0.1, 0.15) is 38.2 Å². The highest BCUT2D eigenvalue weighted by atomic mass is 16.2. The summed E-state index contributed by atoms with van der Waals surface area (Å²) in [6.07, 6.45) is 3.91. The zero-order chi connectivity index (χ0) is 18.4. The lowest BCUT2D eigenvalue weighted by Gasteiger charge is -2.34. The fourth-order valence-corrected chi connectivity index (χ4v) is 3.75. The molecule has 142 valence electrons. The fourth-order valence-electron chi connectivity index (χ4n) is 3.75. The maximum absolute atomic E-state index is 12.7. The molecule has 2 saturated heterocycles. The van der Waals surface area contributed by atoms with E-state index in [1.807, 2.05) is 28.0 Å².